The molecule has 1 aromatic heterocycles. The molecule has 122 valence electrons. The highest BCUT2D eigenvalue weighted by atomic mass is 32.1. The highest BCUT2D eigenvalue weighted by Gasteiger charge is 2.04. The van der Waals surface area contributed by atoms with Gasteiger partial charge in [0.1, 0.15) is 0 Å². The van der Waals surface area contributed by atoms with Crippen LogP contribution in [0.2, 0.25) is 0 Å². The van der Waals surface area contributed by atoms with Crippen molar-refractivity contribution >= 4 is 40.2 Å². The molecule has 0 aliphatic rings. The maximum atomic E-state index is 11.0. The van der Waals surface area contributed by atoms with Crippen LogP contribution in [-0.2, 0) is 24.2 Å². The second-order valence-corrected chi connectivity index (χ2v) is 6.19. The minimum atomic E-state index is -0.413. The summed E-state index contributed by atoms with van der Waals surface area (Å²) in [6.07, 6.45) is 1.70. The zero-order valence-electron chi connectivity index (χ0n) is 12.6. The number of aromatic nitrogens is 1. The summed E-state index contributed by atoms with van der Waals surface area (Å²) in [5.74, 6) is -0.107. The lowest BCUT2D eigenvalue weighted by Gasteiger charge is -2.06. The summed E-state index contributed by atoms with van der Waals surface area (Å²) in [5, 5.41) is 4.87. The zero-order chi connectivity index (χ0) is 16.7. The Morgan fingerprint density at radius 3 is 2.52 bits per heavy atom. The van der Waals surface area contributed by atoms with E-state index in [1.165, 1.54) is 23.8 Å². The van der Waals surface area contributed by atoms with Crippen LogP contribution in [-0.4, -0.2) is 16.1 Å². The Bertz CT molecular complexity index is 670. The van der Waals surface area contributed by atoms with Gasteiger partial charge in [0.25, 0.3) is 5.24 Å². The molecule has 0 fully saturated rings. The molecule has 0 saturated heterocycles. The minimum Gasteiger partial charge on any atom is -0.302 e. The van der Waals surface area contributed by atoms with Gasteiger partial charge in [-0.1, -0.05) is 36.9 Å². The second-order valence-electron chi connectivity index (χ2n) is 4.93. The first-order valence-corrected chi connectivity index (χ1v) is 8.37. The number of rotatable bonds is 7. The number of hydrogen-bond acceptors (Lipinski definition) is 5. The van der Waals surface area contributed by atoms with Crippen LogP contribution in [0.5, 0.6) is 0 Å². The minimum absolute atomic E-state index is 0.107. The summed E-state index contributed by atoms with van der Waals surface area (Å²) in [4.78, 5) is 26.0. The molecule has 23 heavy (non-hydrogen) atoms. The van der Waals surface area contributed by atoms with Crippen molar-refractivity contribution in [3.63, 3.8) is 0 Å². The molecule has 6 nitrogen and oxygen atoms in total. The second kappa shape index (κ2) is 8.66. The third-order valence-electron chi connectivity index (χ3n) is 3.02. The molecular formula is C15H18N4O2S2. The van der Waals surface area contributed by atoms with Crippen molar-refractivity contribution in [1.29, 1.82) is 0 Å². The van der Waals surface area contributed by atoms with Crippen molar-refractivity contribution in [3.05, 3.63) is 46.5 Å². The van der Waals surface area contributed by atoms with Crippen LogP contribution >= 0.6 is 24.0 Å². The van der Waals surface area contributed by atoms with Gasteiger partial charge in [-0.3, -0.25) is 15.0 Å². The number of thiazole rings is 1. The molecule has 2 rings (SSSR count). The fourth-order valence-corrected chi connectivity index (χ4v) is 2.82. The Hall–Kier alpha value is -1.90. The molecule has 2 amide bonds. The Kier molecular flexibility index (Phi) is 6.57. The van der Waals surface area contributed by atoms with Crippen LogP contribution in [0.25, 0.3) is 0 Å². The molecule has 8 heteroatoms. The number of hydrazine groups is 1. The summed E-state index contributed by atoms with van der Waals surface area (Å²) >= 11 is 5.04. The van der Waals surface area contributed by atoms with E-state index in [0.29, 0.717) is 11.7 Å². The number of amides is 2. The summed E-state index contributed by atoms with van der Waals surface area (Å²) in [6.45, 7) is 2.01. The summed E-state index contributed by atoms with van der Waals surface area (Å²) in [5.41, 5.74) is 8.44. The lowest BCUT2D eigenvalue weighted by Crippen LogP contribution is -2.32. The summed E-state index contributed by atoms with van der Waals surface area (Å²) in [7, 11) is 0. The Balaban J connectivity index is 1.80. The fourth-order valence-electron chi connectivity index (χ4n) is 1.95. The third-order valence-corrected chi connectivity index (χ3v) is 3.93. The predicted molar refractivity (Wildman–Crippen MR) is 94.6 cm³/mol. The van der Waals surface area contributed by atoms with E-state index in [0.717, 1.165) is 24.1 Å². The van der Waals surface area contributed by atoms with Gasteiger partial charge in [-0.2, -0.15) is 0 Å². The van der Waals surface area contributed by atoms with Crippen molar-refractivity contribution in [1.82, 2.24) is 15.8 Å². The first kappa shape index (κ1) is 17.5. The number of carbonyl (C=O) groups is 2. The average molecular weight is 350 g/mol. The maximum absolute atomic E-state index is 11.0. The first-order valence-electron chi connectivity index (χ1n) is 7.04. The van der Waals surface area contributed by atoms with Crippen molar-refractivity contribution in [2.45, 2.75) is 26.3 Å². The molecule has 0 saturated carbocycles. The van der Waals surface area contributed by atoms with E-state index in [-0.39, 0.29) is 5.91 Å². The topological polar surface area (TPSA) is 83.1 Å². The molecule has 0 unspecified atom stereocenters. The van der Waals surface area contributed by atoms with Crippen molar-refractivity contribution < 1.29 is 9.59 Å². The van der Waals surface area contributed by atoms with Crippen molar-refractivity contribution in [3.8, 4) is 0 Å². The number of nitrogens with zero attached hydrogens (tertiary/aromatic N) is 1. The molecule has 3 N–H and O–H groups in total. The van der Waals surface area contributed by atoms with E-state index >= 15 is 0 Å². The quantitative estimate of drug-likeness (QED) is 0.457. The van der Waals surface area contributed by atoms with Gasteiger partial charge in [-0.05, 0) is 24.0 Å². The number of nitrogens with one attached hydrogen (secondary N) is 3. The van der Waals surface area contributed by atoms with Gasteiger partial charge in [-0.25, -0.2) is 10.4 Å². The van der Waals surface area contributed by atoms with Gasteiger partial charge in [0.2, 0.25) is 5.91 Å². The number of benzene rings is 1. The van der Waals surface area contributed by atoms with Gasteiger partial charge in [0, 0.05) is 18.8 Å². The highest BCUT2D eigenvalue weighted by Crippen LogP contribution is 2.17. The van der Waals surface area contributed by atoms with Gasteiger partial charge in [0.05, 0.1) is 5.69 Å². The van der Waals surface area contributed by atoms with E-state index in [1.807, 2.05) is 17.5 Å². The van der Waals surface area contributed by atoms with Gasteiger partial charge in [0.15, 0.2) is 5.13 Å². The Labute approximate surface area is 144 Å². The van der Waals surface area contributed by atoms with Crippen LogP contribution in [0.15, 0.2) is 29.6 Å². The van der Waals surface area contributed by atoms with Crippen LogP contribution in [0.4, 0.5) is 9.93 Å². The molecule has 0 aliphatic carbocycles. The first-order chi connectivity index (χ1) is 11.0. The zero-order valence-corrected chi connectivity index (χ0v) is 14.3. The highest BCUT2D eigenvalue weighted by molar-refractivity contribution is 7.96. The predicted octanol–water partition coefficient (Wildman–Crippen LogP) is 2.53. The molecular weight excluding hydrogens is 332 g/mol. The average Bonchev–Trinajstić information content (AvgIpc) is 2.93. The normalized spacial score (nSPS) is 10.3. The molecule has 0 spiro atoms. The van der Waals surface area contributed by atoms with Crippen LogP contribution in [0.3, 0.4) is 0 Å². The van der Waals surface area contributed by atoms with Crippen LogP contribution in [0, 0.1) is 0 Å². The Morgan fingerprint density at radius 1 is 1.17 bits per heavy atom. The number of anilines is 1. The van der Waals surface area contributed by atoms with Crippen LogP contribution < -0.4 is 16.2 Å². The van der Waals surface area contributed by atoms with Crippen molar-refractivity contribution in [2.24, 2.45) is 0 Å². The monoisotopic (exact) mass is 350 g/mol. The van der Waals surface area contributed by atoms with E-state index in [9.17, 15) is 9.59 Å². The smallest absolute Gasteiger partial charge is 0.290 e. The lowest BCUT2D eigenvalue weighted by molar-refractivity contribution is -0.114. The maximum Gasteiger partial charge on any atom is 0.290 e. The lowest BCUT2D eigenvalue weighted by atomic mass is 10.1. The third kappa shape index (κ3) is 6.39. The van der Waals surface area contributed by atoms with E-state index in [1.54, 1.807) is 0 Å². The number of hydrogen-bond donors (Lipinski definition) is 4. The van der Waals surface area contributed by atoms with Gasteiger partial charge < -0.3 is 5.32 Å². The molecule has 2 aromatic rings. The number of carbonyl (C=O) groups excluding carboxylic acids is 2. The van der Waals surface area contributed by atoms with Gasteiger partial charge >= 0.3 is 0 Å². The molecule has 0 aliphatic heterocycles. The molecule has 0 radical (unpaired) electrons. The Morgan fingerprint density at radius 2 is 1.87 bits per heavy atom. The van der Waals surface area contributed by atoms with E-state index < -0.39 is 5.24 Å². The van der Waals surface area contributed by atoms with E-state index in [4.69, 9.17) is 0 Å². The molecule has 1 aromatic carbocycles. The largest absolute Gasteiger partial charge is 0.302 e. The number of aryl methyl sites for hydroxylation is 2. The number of thiol groups is 1. The standard InChI is InChI=1S/C15H18N4O2S2/c1-10(20)17-14-18-13(9-23-14)7-6-11-2-4-12(5-3-11)8-16-19-15(21)22/h2-5,9,16H,6-8H2,1H3,(H,17,18,20)(H2,19,21,22). The van der Waals surface area contributed by atoms with E-state index in [2.05, 4.69) is 45.9 Å². The fraction of sp³-hybridized carbons (Fsp3) is 0.267. The SMILES string of the molecule is CC(=O)Nc1nc(CCc2ccc(CNNC(=O)S)cc2)cs1. The van der Waals surface area contributed by atoms with Crippen molar-refractivity contribution in [2.75, 3.05) is 5.32 Å². The van der Waals surface area contributed by atoms with Gasteiger partial charge in [-0.15, -0.1) is 11.3 Å². The molecule has 0 bridgehead atoms. The molecule has 0 atom stereocenters. The summed E-state index contributed by atoms with van der Waals surface area (Å²) in [6, 6.07) is 8.13. The summed E-state index contributed by atoms with van der Waals surface area (Å²) < 4.78 is 0. The molecule has 1 heterocycles. The van der Waals surface area contributed by atoms with Crippen LogP contribution in [0.1, 0.15) is 23.7 Å².